The first-order chi connectivity index (χ1) is 9.29. The van der Waals surface area contributed by atoms with E-state index >= 15 is 0 Å². The first-order valence-corrected chi connectivity index (χ1v) is 6.50. The Kier molecular flexibility index (Phi) is 4.74. The highest BCUT2D eigenvalue weighted by molar-refractivity contribution is 5.53. The van der Waals surface area contributed by atoms with Gasteiger partial charge in [0.05, 0.1) is 6.20 Å². The molecule has 2 aromatic rings. The standard InChI is InChI=1S/C16H16FNO/c1-2-3-4-5-6-7-15-12-18-16(19-15)13-8-10-14(17)11-9-13/h8-12H,2-5H2,1H3. The molecule has 3 heteroatoms. The molecule has 0 bridgehead atoms. The summed E-state index contributed by atoms with van der Waals surface area (Å²) < 4.78 is 18.3. The van der Waals surface area contributed by atoms with Gasteiger partial charge < -0.3 is 4.42 Å². The number of hydrogen-bond donors (Lipinski definition) is 0. The van der Waals surface area contributed by atoms with Crippen molar-refractivity contribution in [2.24, 2.45) is 0 Å². The van der Waals surface area contributed by atoms with E-state index in [1.807, 2.05) is 0 Å². The summed E-state index contributed by atoms with van der Waals surface area (Å²) in [6.07, 6.45) is 5.99. The minimum atomic E-state index is -0.272. The molecule has 0 saturated heterocycles. The van der Waals surface area contributed by atoms with Crippen LogP contribution >= 0.6 is 0 Å². The summed E-state index contributed by atoms with van der Waals surface area (Å²) in [7, 11) is 0. The number of oxazole rings is 1. The van der Waals surface area contributed by atoms with Crippen LogP contribution in [0.25, 0.3) is 11.5 Å². The fourth-order valence-corrected chi connectivity index (χ4v) is 1.67. The Morgan fingerprint density at radius 2 is 2.00 bits per heavy atom. The van der Waals surface area contributed by atoms with E-state index in [0.717, 1.165) is 18.4 Å². The lowest BCUT2D eigenvalue weighted by molar-refractivity contribution is 0.561. The van der Waals surface area contributed by atoms with Crippen LogP contribution in [0, 0.1) is 17.7 Å². The molecule has 0 N–H and O–H groups in total. The molecule has 1 aromatic heterocycles. The van der Waals surface area contributed by atoms with E-state index in [2.05, 4.69) is 23.7 Å². The molecule has 0 aliphatic rings. The van der Waals surface area contributed by atoms with Crippen LogP contribution in [0.3, 0.4) is 0 Å². The van der Waals surface area contributed by atoms with E-state index in [1.54, 1.807) is 18.3 Å². The lowest BCUT2D eigenvalue weighted by Crippen LogP contribution is -1.77. The Morgan fingerprint density at radius 1 is 1.21 bits per heavy atom. The molecular weight excluding hydrogens is 241 g/mol. The number of benzene rings is 1. The molecule has 2 nitrogen and oxygen atoms in total. The van der Waals surface area contributed by atoms with E-state index in [0.29, 0.717) is 11.7 Å². The minimum Gasteiger partial charge on any atom is -0.428 e. The van der Waals surface area contributed by atoms with Gasteiger partial charge in [-0.2, -0.15) is 0 Å². The van der Waals surface area contributed by atoms with Crippen molar-refractivity contribution in [2.75, 3.05) is 0 Å². The summed E-state index contributed by atoms with van der Waals surface area (Å²) in [5.41, 5.74) is 0.750. The summed E-state index contributed by atoms with van der Waals surface area (Å²) in [6.45, 7) is 2.17. The fraction of sp³-hybridized carbons (Fsp3) is 0.312. The average molecular weight is 257 g/mol. The second kappa shape index (κ2) is 6.75. The molecule has 2 rings (SSSR count). The minimum absolute atomic E-state index is 0.272. The predicted molar refractivity (Wildman–Crippen MR) is 72.9 cm³/mol. The normalized spacial score (nSPS) is 10.0. The Bertz CT molecular complexity index is 575. The van der Waals surface area contributed by atoms with E-state index in [4.69, 9.17) is 4.42 Å². The molecule has 0 spiro atoms. The van der Waals surface area contributed by atoms with Crippen LogP contribution in [0.1, 0.15) is 38.4 Å². The highest BCUT2D eigenvalue weighted by Gasteiger charge is 2.04. The van der Waals surface area contributed by atoms with Crippen LogP contribution in [0.4, 0.5) is 4.39 Å². The average Bonchev–Trinajstić information content (AvgIpc) is 2.88. The summed E-state index contributed by atoms with van der Waals surface area (Å²) >= 11 is 0. The molecule has 0 amide bonds. The van der Waals surface area contributed by atoms with Crippen molar-refractivity contribution in [1.82, 2.24) is 4.98 Å². The number of halogens is 1. The van der Waals surface area contributed by atoms with Crippen LogP contribution in [-0.2, 0) is 0 Å². The molecule has 19 heavy (non-hydrogen) atoms. The highest BCUT2D eigenvalue weighted by atomic mass is 19.1. The van der Waals surface area contributed by atoms with Crippen molar-refractivity contribution < 1.29 is 8.81 Å². The molecule has 98 valence electrons. The lowest BCUT2D eigenvalue weighted by Gasteiger charge is -1.93. The summed E-state index contributed by atoms with van der Waals surface area (Å²) in [4.78, 5) is 4.14. The molecule has 1 heterocycles. The zero-order chi connectivity index (χ0) is 13.5. The zero-order valence-electron chi connectivity index (χ0n) is 10.9. The molecule has 0 atom stereocenters. The molecule has 0 unspecified atom stereocenters. The van der Waals surface area contributed by atoms with Crippen molar-refractivity contribution >= 4 is 0 Å². The van der Waals surface area contributed by atoms with Crippen molar-refractivity contribution in [3.8, 4) is 23.3 Å². The van der Waals surface area contributed by atoms with Crippen LogP contribution in [0.2, 0.25) is 0 Å². The van der Waals surface area contributed by atoms with Crippen molar-refractivity contribution in [3.05, 3.63) is 42.0 Å². The molecule has 0 aliphatic carbocycles. The highest BCUT2D eigenvalue weighted by Crippen LogP contribution is 2.18. The van der Waals surface area contributed by atoms with E-state index in [9.17, 15) is 4.39 Å². The number of aromatic nitrogens is 1. The third kappa shape index (κ3) is 3.96. The van der Waals surface area contributed by atoms with Crippen LogP contribution < -0.4 is 0 Å². The maximum Gasteiger partial charge on any atom is 0.227 e. The predicted octanol–water partition coefficient (Wildman–Crippen LogP) is 4.41. The molecular formula is C16H16FNO. The van der Waals surface area contributed by atoms with Gasteiger partial charge in [0.25, 0.3) is 0 Å². The van der Waals surface area contributed by atoms with Gasteiger partial charge in [-0.25, -0.2) is 9.37 Å². The van der Waals surface area contributed by atoms with Crippen LogP contribution in [0.5, 0.6) is 0 Å². The first kappa shape index (κ1) is 13.4. The first-order valence-electron chi connectivity index (χ1n) is 6.50. The van der Waals surface area contributed by atoms with E-state index in [1.165, 1.54) is 25.0 Å². The summed E-state index contributed by atoms with van der Waals surface area (Å²) in [5, 5.41) is 0. The smallest absolute Gasteiger partial charge is 0.227 e. The van der Waals surface area contributed by atoms with Gasteiger partial charge in [0.1, 0.15) is 5.82 Å². The van der Waals surface area contributed by atoms with Crippen molar-refractivity contribution in [3.63, 3.8) is 0 Å². The van der Waals surface area contributed by atoms with Crippen molar-refractivity contribution in [2.45, 2.75) is 32.6 Å². The third-order valence-corrected chi connectivity index (χ3v) is 2.71. The number of unbranched alkanes of at least 4 members (excludes halogenated alkanes) is 3. The SMILES string of the molecule is CCCCCC#Cc1cnc(-c2ccc(F)cc2)o1. The van der Waals surface area contributed by atoms with Gasteiger partial charge in [0.2, 0.25) is 5.89 Å². The van der Waals surface area contributed by atoms with Gasteiger partial charge in [-0.1, -0.05) is 25.7 Å². The van der Waals surface area contributed by atoms with Gasteiger partial charge in [-0.05, 0) is 36.6 Å². The molecule has 0 radical (unpaired) electrons. The second-order valence-corrected chi connectivity index (χ2v) is 4.30. The molecule has 0 saturated carbocycles. The summed E-state index contributed by atoms with van der Waals surface area (Å²) in [6, 6.07) is 6.05. The Hall–Kier alpha value is -2.08. The molecule has 0 aliphatic heterocycles. The number of hydrogen-bond acceptors (Lipinski definition) is 2. The number of nitrogens with zero attached hydrogens (tertiary/aromatic N) is 1. The maximum atomic E-state index is 12.8. The number of rotatable bonds is 4. The Morgan fingerprint density at radius 3 is 2.74 bits per heavy atom. The topological polar surface area (TPSA) is 26.0 Å². The molecule has 1 aromatic carbocycles. The monoisotopic (exact) mass is 257 g/mol. The lowest BCUT2D eigenvalue weighted by atomic mass is 10.2. The maximum absolute atomic E-state index is 12.8. The van der Waals surface area contributed by atoms with E-state index in [-0.39, 0.29) is 5.82 Å². The summed E-state index contributed by atoms with van der Waals surface area (Å²) in [5.74, 6) is 6.77. The van der Waals surface area contributed by atoms with Crippen molar-refractivity contribution in [1.29, 1.82) is 0 Å². The molecule has 0 fully saturated rings. The van der Waals surface area contributed by atoms with Crippen LogP contribution in [0.15, 0.2) is 34.9 Å². The van der Waals surface area contributed by atoms with Gasteiger partial charge in [0.15, 0.2) is 5.76 Å². The van der Waals surface area contributed by atoms with Gasteiger partial charge in [0, 0.05) is 12.0 Å². The largest absolute Gasteiger partial charge is 0.428 e. The fourth-order valence-electron chi connectivity index (χ4n) is 1.67. The van der Waals surface area contributed by atoms with E-state index < -0.39 is 0 Å². The van der Waals surface area contributed by atoms with Gasteiger partial charge in [-0.3, -0.25) is 0 Å². The Balaban J connectivity index is 2.00. The Labute approximate surface area is 112 Å². The van der Waals surface area contributed by atoms with Gasteiger partial charge in [-0.15, -0.1) is 0 Å². The third-order valence-electron chi connectivity index (χ3n) is 2.71. The quantitative estimate of drug-likeness (QED) is 0.599. The van der Waals surface area contributed by atoms with Crippen LogP contribution in [-0.4, -0.2) is 4.98 Å². The zero-order valence-corrected chi connectivity index (χ0v) is 10.9. The van der Waals surface area contributed by atoms with Gasteiger partial charge >= 0.3 is 0 Å². The second-order valence-electron chi connectivity index (χ2n) is 4.30.